The van der Waals surface area contributed by atoms with Gasteiger partial charge in [-0.05, 0) is 30.4 Å². The first-order valence-electron chi connectivity index (χ1n) is 6.59. The third-order valence-electron chi connectivity index (χ3n) is 3.71. The molecular formula is C14H19N3O. The van der Waals surface area contributed by atoms with Crippen LogP contribution < -0.4 is 5.73 Å². The smallest absolute Gasteiger partial charge is 0.113 e. The summed E-state index contributed by atoms with van der Waals surface area (Å²) >= 11 is 0. The first-order valence-corrected chi connectivity index (χ1v) is 6.59. The highest BCUT2D eigenvalue weighted by molar-refractivity contribution is 5.47. The molecule has 3 heterocycles. The zero-order valence-electron chi connectivity index (χ0n) is 10.5. The van der Waals surface area contributed by atoms with Crippen LogP contribution in [0.15, 0.2) is 24.5 Å². The fraction of sp³-hybridized carbons (Fsp3) is 0.500. The topological polar surface area (TPSA) is 52.5 Å². The molecule has 0 unspecified atom stereocenters. The van der Waals surface area contributed by atoms with Gasteiger partial charge in [0.05, 0.1) is 11.7 Å². The molecule has 1 aliphatic heterocycles. The van der Waals surface area contributed by atoms with Gasteiger partial charge in [0.1, 0.15) is 5.82 Å². The van der Waals surface area contributed by atoms with Crippen molar-refractivity contribution in [2.45, 2.75) is 25.8 Å². The molecule has 2 aromatic rings. The van der Waals surface area contributed by atoms with Crippen molar-refractivity contribution in [1.82, 2.24) is 9.38 Å². The first-order chi connectivity index (χ1) is 8.86. The van der Waals surface area contributed by atoms with E-state index in [9.17, 15) is 0 Å². The number of hydrogen-bond acceptors (Lipinski definition) is 3. The van der Waals surface area contributed by atoms with Gasteiger partial charge >= 0.3 is 0 Å². The van der Waals surface area contributed by atoms with E-state index in [4.69, 9.17) is 10.5 Å². The lowest BCUT2D eigenvalue weighted by atomic mass is 9.96. The van der Waals surface area contributed by atoms with Crippen LogP contribution in [-0.4, -0.2) is 22.6 Å². The van der Waals surface area contributed by atoms with Crippen LogP contribution in [0.5, 0.6) is 0 Å². The molecule has 3 rings (SSSR count). The molecule has 18 heavy (non-hydrogen) atoms. The van der Waals surface area contributed by atoms with Crippen molar-refractivity contribution in [3.8, 4) is 0 Å². The van der Waals surface area contributed by atoms with Crippen molar-refractivity contribution in [2.75, 3.05) is 13.2 Å². The minimum absolute atomic E-state index is 0.574. The van der Waals surface area contributed by atoms with E-state index in [0.29, 0.717) is 12.5 Å². The number of nitrogens with zero attached hydrogens (tertiary/aromatic N) is 2. The summed E-state index contributed by atoms with van der Waals surface area (Å²) in [5.41, 5.74) is 7.99. The van der Waals surface area contributed by atoms with E-state index in [1.807, 2.05) is 6.20 Å². The molecular weight excluding hydrogens is 226 g/mol. The Morgan fingerprint density at radius 1 is 1.33 bits per heavy atom. The quantitative estimate of drug-likeness (QED) is 0.896. The Hall–Kier alpha value is -1.39. The van der Waals surface area contributed by atoms with Crippen LogP contribution in [0.2, 0.25) is 0 Å². The van der Waals surface area contributed by atoms with E-state index < -0.39 is 0 Å². The molecule has 0 atom stereocenters. The summed E-state index contributed by atoms with van der Waals surface area (Å²) in [5, 5.41) is 0. The zero-order chi connectivity index (χ0) is 12.4. The number of imidazole rings is 1. The minimum atomic E-state index is 0.574. The van der Waals surface area contributed by atoms with Crippen LogP contribution in [0, 0.1) is 5.92 Å². The number of ether oxygens (including phenoxy) is 1. The maximum absolute atomic E-state index is 5.69. The van der Waals surface area contributed by atoms with Crippen LogP contribution >= 0.6 is 0 Å². The number of fused-ring (bicyclic) bond motifs is 1. The molecule has 0 bridgehead atoms. The molecule has 0 aliphatic carbocycles. The lowest BCUT2D eigenvalue weighted by Crippen LogP contribution is -2.18. The maximum atomic E-state index is 5.69. The molecule has 0 amide bonds. The van der Waals surface area contributed by atoms with Gasteiger partial charge in [0.25, 0.3) is 0 Å². The monoisotopic (exact) mass is 245 g/mol. The predicted molar refractivity (Wildman–Crippen MR) is 70.3 cm³/mol. The lowest BCUT2D eigenvalue weighted by molar-refractivity contribution is 0.0659. The van der Waals surface area contributed by atoms with Gasteiger partial charge in [-0.2, -0.15) is 0 Å². The Balaban J connectivity index is 1.86. The van der Waals surface area contributed by atoms with E-state index in [1.165, 1.54) is 0 Å². The number of rotatable bonds is 3. The maximum Gasteiger partial charge on any atom is 0.113 e. The number of nitrogens with two attached hydrogens (primary N) is 1. The third-order valence-corrected chi connectivity index (χ3v) is 3.71. The summed E-state index contributed by atoms with van der Waals surface area (Å²) < 4.78 is 7.58. The van der Waals surface area contributed by atoms with Crippen molar-refractivity contribution < 1.29 is 4.74 Å². The van der Waals surface area contributed by atoms with Crippen molar-refractivity contribution in [2.24, 2.45) is 11.7 Å². The third kappa shape index (κ3) is 2.26. The SMILES string of the molecule is NCc1ccc2cnc(CC3CCOCC3)n2c1. The predicted octanol–water partition coefficient (Wildman–Crippen LogP) is 1.76. The fourth-order valence-electron chi connectivity index (χ4n) is 2.57. The Morgan fingerprint density at radius 3 is 2.94 bits per heavy atom. The second-order valence-electron chi connectivity index (χ2n) is 4.97. The van der Waals surface area contributed by atoms with E-state index >= 15 is 0 Å². The van der Waals surface area contributed by atoms with Gasteiger partial charge in [-0.3, -0.25) is 0 Å². The molecule has 0 aromatic carbocycles. The van der Waals surface area contributed by atoms with Gasteiger partial charge in [-0.15, -0.1) is 0 Å². The molecule has 1 saturated heterocycles. The highest BCUT2D eigenvalue weighted by Crippen LogP contribution is 2.20. The highest BCUT2D eigenvalue weighted by Gasteiger charge is 2.16. The van der Waals surface area contributed by atoms with Gasteiger partial charge in [0.2, 0.25) is 0 Å². The largest absolute Gasteiger partial charge is 0.381 e. The van der Waals surface area contributed by atoms with E-state index in [-0.39, 0.29) is 0 Å². The summed E-state index contributed by atoms with van der Waals surface area (Å²) in [6.07, 6.45) is 7.37. The summed E-state index contributed by atoms with van der Waals surface area (Å²) in [5.74, 6) is 1.85. The second kappa shape index (κ2) is 5.08. The first kappa shape index (κ1) is 11.7. The molecule has 4 heteroatoms. The van der Waals surface area contributed by atoms with Crippen molar-refractivity contribution >= 4 is 5.52 Å². The lowest BCUT2D eigenvalue weighted by Gasteiger charge is -2.21. The molecule has 1 fully saturated rings. The summed E-state index contributed by atoms with van der Waals surface area (Å²) in [4.78, 5) is 4.55. The summed E-state index contributed by atoms with van der Waals surface area (Å²) in [6.45, 7) is 2.36. The van der Waals surface area contributed by atoms with E-state index in [2.05, 4.69) is 27.7 Å². The van der Waals surface area contributed by atoms with Crippen LogP contribution in [0.3, 0.4) is 0 Å². The number of hydrogen-bond donors (Lipinski definition) is 1. The second-order valence-corrected chi connectivity index (χ2v) is 4.97. The summed E-state index contributed by atoms with van der Waals surface area (Å²) in [7, 11) is 0. The highest BCUT2D eigenvalue weighted by atomic mass is 16.5. The van der Waals surface area contributed by atoms with E-state index in [0.717, 1.165) is 49.4 Å². The van der Waals surface area contributed by atoms with Gasteiger partial charge in [-0.1, -0.05) is 6.07 Å². The number of aromatic nitrogens is 2. The molecule has 2 aromatic heterocycles. The molecule has 2 N–H and O–H groups in total. The molecule has 0 radical (unpaired) electrons. The van der Waals surface area contributed by atoms with E-state index in [1.54, 1.807) is 0 Å². The Kier molecular flexibility index (Phi) is 3.30. The zero-order valence-corrected chi connectivity index (χ0v) is 10.5. The Bertz CT molecular complexity index is 529. The van der Waals surface area contributed by atoms with Crippen molar-refractivity contribution in [3.63, 3.8) is 0 Å². The fourth-order valence-corrected chi connectivity index (χ4v) is 2.57. The van der Waals surface area contributed by atoms with Gasteiger partial charge in [-0.25, -0.2) is 4.98 Å². The molecule has 0 spiro atoms. The van der Waals surface area contributed by atoms with Gasteiger partial charge in [0, 0.05) is 32.4 Å². The van der Waals surface area contributed by atoms with Crippen LogP contribution in [0.4, 0.5) is 0 Å². The average molecular weight is 245 g/mol. The summed E-state index contributed by atoms with van der Waals surface area (Å²) in [6, 6.07) is 4.15. The van der Waals surface area contributed by atoms with Gasteiger partial charge in [0.15, 0.2) is 0 Å². The van der Waals surface area contributed by atoms with Gasteiger partial charge < -0.3 is 14.9 Å². The standard InChI is InChI=1S/C14H19N3O/c15-8-12-1-2-13-9-16-14(17(13)10-12)7-11-3-5-18-6-4-11/h1-2,9-11H,3-8,15H2. The number of pyridine rings is 1. The molecule has 96 valence electrons. The normalized spacial score (nSPS) is 17.4. The Labute approximate surface area is 107 Å². The molecule has 4 nitrogen and oxygen atoms in total. The van der Waals surface area contributed by atoms with Crippen LogP contribution in [0.25, 0.3) is 5.52 Å². The van der Waals surface area contributed by atoms with Crippen LogP contribution in [-0.2, 0) is 17.7 Å². The minimum Gasteiger partial charge on any atom is -0.381 e. The van der Waals surface area contributed by atoms with Crippen molar-refractivity contribution in [3.05, 3.63) is 35.9 Å². The van der Waals surface area contributed by atoms with Crippen molar-refractivity contribution in [1.29, 1.82) is 0 Å². The van der Waals surface area contributed by atoms with Crippen LogP contribution in [0.1, 0.15) is 24.2 Å². The molecule has 0 saturated carbocycles. The Morgan fingerprint density at radius 2 is 2.17 bits per heavy atom. The molecule has 1 aliphatic rings. The average Bonchev–Trinajstić information content (AvgIpc) is 2.82.